The second kappa shape index (κ2) is 7.76. The summed E-state index contributed by atoms with van der Waals surface area (Å²) in [6.45, 7) is 2.20. The average Bonchev–Trinajstić information content (AvgIpc) is 3.59. The van der Waals surface area contributed by atoms with Crippen LogP contribution in [0.5, 0.6) is 5.75 Å². The summed E-state index contributed by atoms with van der Waals surface area (Å²) in [4.78, 5) is 2.65. The molecule has 3 aromatic rings. The number of piperidine rings is 1. The van der Waals surface area contributed by atoms with Crippen molar-refractivity contribution in [2.45, 2.75) is 42.7 Å². The summed E-state index contributed by atoms with van der Waals surface area (Å²) in [6, 6.07) is 13.3. The molecule has 2 N–H and O–H groups in total. The van der Waals surface area contributed by atoms with Gasteiger partial charge in [-0.2, -0.15) is 0 Å². The first kappa shape index (κ1) is 20.2. The lowest BCUT2D eigenvalue weighted by Crippen LogP contribution is -2.43. The van der Waals surface area contributed by atoms with Crippen LogP contribution in [0.1, 0.15) is 25.7 Å². The lowest BCUT2D eigenvalue weighted by atomic mass is 10.0. The van der Waals surface area contributed by atoms with E-state index in [1.165, 1.54) is 37.9 Å². The largest absolute Gasteiger partial charge is 0.507 e. The SMILES string of the molecule is CS(=O)(=O)c1ccc(-c2nnc(NC3CCCN(C4CC4)C3)c3ccccc23)c(O)c1. The van der Waals surface area contributed by atoms with Gasteiger partial charge in [-0.3, -0.25) is 4.90 Å². The van der Waals surface area contributed by atoms with Gasteiger partial charge >= 0.3 is 0 Å². The minimum atomic E-state index is -3.41. The molecule has 2 heterocycles. The Labute approximate surface area is 182 Å². The van der Waals surface area contributed by atoms with E-state index in [2.05, 4.69) is 20.4 Å². The highest BCUT2D eigenvalue weighted by Crippen LogP contribution is 2.36. The van der Waals surface area contributed by atoms with E-state index in [1.807, 2.05) is 24.3 Å². The number of hydrogen-bond donors (Lipinski definition) is 2. The molecule has 162 valence electrons. The van der Waals surface area contributed by atoms with Crippen molar-refractivity contribution in [1.82, 2.24) is 15.1 Å². The molecule has 1 unspecified atom stereocenters. The lowest BCUT2D eigenvalue weighted by molar-refractivity contribution is 0.207. The van der Waals surface area contributed by atoms with E-state index >= 15 is 0 Å². The van der Waals surface area contributed by atoms with E-state index in [-0.39, 0.29) is 10.6 Å². The molecule has 1 saturated carbocycles. The molecule has 2 aliphatic rings. The number of hydrogen-bond acceptors (Lipinski definition) is 7. The smallest absolute Gasteiger partial charge is 0.175 e. The van der Waals surface area contributed by atoms with Gasteiger partial charge in [0.2, 0.25) is 0 Å². The van der Waals surface area contributed by atoms with Gasteiger partial charge in [-0.15, -0.1) is 10.2 Å². The average molecular weight is 439 g/mol. The van der Waals surface area contributed by atoms with Crippen molar-refractivity contribution in [3.8, 4) is 17.0 Å². The van der Waals surface area contributed by atoms with Gasteiger partial charge in [0, 0.05) is 41.2 Å². The maximum atomic E-state index is 11.8. The number of phenols is 1. The molecule has 1 atom stereocenters. The number of fused-ring (bicyclic) bond motifs is 1. The second-order valence-electron chi connectivity index (χ2n) is 8.60. The van der Waals surface area contributed by atoms with Gasteiger partial charge in [0.25, 0.3) is 0 Å². The standard InChI is InChI=1S/C23H26N4O3S/c1-31(29,30)17-10-11-20(21(28)13-17)22-18-6-2-3-7-19(18)23(26-25-22)24-15-5-4-12-27(14-15)16-8-9-16/h2-3,6-7,10-11,13,15-16,28H,4-5,8-9,12,14H2,1H3,(H,24,26). The Hall–Kier alpha value is -2.71. The fraction of sp³-hybridized carbons (Fsp3) is 0.391. The fourth-order valence-electron chi connectivity index (χ4n) is 4.44. The summed E-state index contributed by atoms with van der Waals surface area (Å²) in [5.41, 5.74) is 0.988. The van der Waals surface area contributed by atoms with Crippen molar-refractivity contribution in [1.29, 1.82) is 0 Å². The van der Waals surface area contributed by atoms with Crippen LogP contribution in [0.15, 0.2) is 47.4 Å². The van der Waals surface area contributed by atoms with Crippen LogP contribution in [-0.2, 0) is 9.84 Å². The molecule has 8 heteroatoms. The van der Waals surface area contributed by atoms with E-state index in [1.54, 1.807) is 6.07 Å². The zero-order valence-corrected chi connectivity index (χ0v) is 18.3. The van der Waals surface area contributed by atoms with Crippen LogP contribution < -0.4 is 5.32 Å². The molecule has 0 bridgehead atoms. The van der Waals surface area contributed by atoms with Crippen LogP contribution in [-0.4, -0.2) is 60.1 Å². The number of likely N-dealkylation sites (tertiary alicyclic amines) is 1. The van der Waals surface area contributed by atoms with E-state index in [9.17, 15) is 13.5 Å². The first-order valence-electron chi connectivity index (χ1n) is 10.7. The maximum absolute atomic E-state index is 11.8. The monoisotopic (exact) mass is 438 g/mol. The summed E-state index contributed by atoms with van der Waals surface area (Å²) in [6.07, 6.45) is 6.02. The molecule has 0 amide bonds. The summed E-state index contributed by atoms with van der Waals surface area (Å²) in [5.74, 6) is 0.615. The van der Waals surface area contributed by atoms with Crippen LogP contribution in [0.3, 0.4) is 0 Å². The molecule has 2 fully saturated rings. The number of nitrogens with zero attached hydrogens (tertiary/aromatic N) is 3. The van der Waals surface area contributed by atoms with Gasteiger partial charge in [-0.1, -0.05) is 24.3 Å². The van der Waals surface area contributed by atoms with Crippen molar-refractivity contribution in [2.24, 2.45) is 0 Å². The Morgan fingerprint density at radius 1 is 1.06 bits per heavy atom. The van der Waals surface area contributed by atoms with E-state index in [0.29, 0.717) is 17.3 Å². The summed E-state index contributed by atoms with van der Waals surface area (Å²) >= 11 is 0. The number of aromatic hydroxyl groups is 1. The molecule has 7 nitrogen and oxygen atoms in total. The van der Waals surface area contributed by atoms with Gasteiger partial charge in [-0.05, 0) is 50.4 Å². The number of benzene rings is 2. The highest BCUT2D eigenvalue weighted by molar-refractivity contribution is 7.90. The highest BCUT2D eigenvalue weighted by atomic mass is 32.2. The van der Waals surface area contributed by atoms with Crippen LogP contribution in [0, 0.1) is 0 Å². The third-order valence-corrected chi connectivity index (χ3v) is 7.31. The van der Waals surface area contributed by atoms with Gasteiger partial charge in [0.1, 0.15) is 11.4 Å². The van der Waals surface area contributed by atoms with Crippen molar-refractivity contribution >= 4 is 26.4 Å². The quantitative estimate of drug-likeness (QED) is 0.630. The van der Waals surface area contributed by atoms with E-state index < -0.39 is 9.84 Å². The van der Waals surface area contributed by atoms with Crippen molar-refractivity contribution in [3.63, 3.8) is 0 Å². The predicted octanol–water partition coefficient (Wildman–Crippen LogP) is 3.44. The summed E-state index contributed by atoms with van der Waals surface area (Å²) < 4.78 is 23.6. The van der Waals surface area contributed by atoms with Gasteiger partial charge in [0.05, 0.1) is 4.90 Å². The van der Waals surface area contributed by atoms with E-state index in [0.717, 1.165) is 41.9 Å². The molecular weight excluding hydrogens is 412 g/mol. The van der Waals surface area contributed by atoms with Crippen molar-refractivity contribution in [3.05, 3.63) is 42.5 Å². The van der Waals surface area contributed by atoms with Gasteiger partial charge in [-0.25, -0.2) is 8.42 Å². The lowest BCUT2D eigenvalue weighted by Gasteiger charge is -2.33. The van der Waals surface area contributed by atoms with Crippen molar-refractivity contribution in [2.75, 3.05) is 24.7 Å². The molecule has 1 saturated heterocycles. The Balaban J connectivity index is 1.49. The fourth-order valence-corrected chi connectivity index (χ4v) is 5.08. The van der Waals surface area contributed by atoms with E-state index in [4.69, 9.17) is 0 Å². The summed E-state index contributed by atoms with van der Waals surface area (Å²) in [5, 5.41) is 24.8. The zero-order chi connectivity index (χ0) is 21.6. The molecular formula is C23H26N4O3S. The molecule has 1 aromatic heterocycles. The third-order valence-electron chi connectivity index (χ3n) is 6.20. The zero-order valence-electron chi connectivity index (χ0n) is 17.5. The molecule has 1 aliphatic carbocycles. The van der Waals surface area contributed by atoms with Crippen LogP contribution in [0.2, 0.25) is 0 Å². The molecule has 5 rings (SSSR count). The molecule has 2 aromatic carbocycles. The van der Waals surface area contributed by atoms with Crippen LogP contribution in [0.25, 0.3) is 22.0 Å². The highest BCUT2D eigenvalue weighted by Gasteiger charge is 2.32. The first-order chi connectivity index (χ1) is 14.9. The number of phenolic OH excluding ortho intramolecular Hbond substituents is 1. The van der Waals surface area contributed by atoms with Crippen LogP contribution in [0.4, 0.5) is 5.82 Å². The van der Waals surface area contributed by atoms with Gasteiger partial charge in [0.15, 0.2) is 15.7 Å². The normalized spacial score (nSPS) is 20.1. The third kappa shape index (κ3) is 4.09. The molecule has 0 radical (unpaired) electrons. The van der Waals surface area contributed by atoms with Crippen molar-refractivity contribution < 1.29 is 13.5 Å². The molecule has 31 heavy (non-hydrogen) atoms. The number of aromatic nitrogens is 2. The number of rotatable bonds is 5. The minimum absolute atomic E-state index is 0.0711. The number of sulfone groups is 1. The summed E-state index contributed by atoms with van der Waals surface area (Å²) in [7, 11) is -3.41. The van der Waals surface area contributed by atoms with Gasteiger partial charge < -0.3 is 10.4 Å². The Morgan fingerprint density at radius 3 is 2.55 bits per heavy atom. The Kier molecular flexibility index (Phi) is 5.06. The van der Waals surface area contributed by atoms with Crippen LogP contribution >= 0.6 is 0 Å². The Morgan fingerprint density at radius 2 is 1.84 bits per heavy atom. The topological polar surface area (TPSA) is 95.4 Å². The number of anilines is 1. The minimum Gasteiger partial charge on any atom is -0.507 e. The second-order valence-corrected chi connectivity index (χ2v) is 10.6. The first-order valence-corrected chi connectivity index (χ1v) is 12.6. The molecule has 1 aliphatic heterocycles. The predicted molar refractivity (Wildman–Crippen MR) is 121 cm³/mol. The molecule has 0 spiro atoms. The number of nitrogens with one attached hydrogen (secondary N) is 1. The Bertz CT molecular complexity index is 1240. The maximum Gasteiger partial charge on any atom is 0.175 e.